The van der Waals surface area contributed by atoms with Gasteiger partial charge in [0, 0.05) is 31.5 Å². The van der Waals surface area contributed by atoms with Crippen molar-refractivity contribution in [1.29, 1.82) is 0 Å². The molecule has 110 valence electrons. The van der Waals surface area contributed by atoms with Crippen molar-refractivity contribution in [1.82, 2.24) is 14.5 Å². The van der Waals surface area contributed by atoms with E-state index in [1.165, 1.54) is 12.1 Å². The number of nitrogens with zero attached hydrogens (tertiary/aromatic N) is 3. The first kappa shape index (κ1) is 15.2. The van der Waals surface area contributed by atoms with Gasteiger partial charge in [-0.1, -0.05) is 17.9 Å². The van der Waals surface area contributed by atoms with Crippen LogP contribution in [0.3, 0.4) is 0 Å². The third kappa shape index (κ3) is 4.15. The largest absolute Gasteiger partial charge is 0.337 e. The highest BCUT2D eigenvalue weighted by Crippen LogP contribution is 2.13. The van der Waals surface area contributed by atoms with Crippen molar-refractivity contribution in [3.63, 3.8) is 0 Å². The van der Waals surface area contributed by atoms with Crippen LogP contribution in [0.4, 0.5) is 4.39 Å². The maximum atomic E-state index is 13.3. The highest BCUT2D eigenvalue weighted by molar-refractivity contribution is 5.41. The summed E-state index contributed by atoms with van der Waals surface area (Å²) in [5, 5.41) is 0. The number of imidazole rings is 1. The lowest BCUT2D eigenvalue weighted by atomic mass is 10.1. The van der Waals surface area contributed by atoms with Gasteiger partial charge in [0.25, 0.3) is 0 Å². The normalized spacial score (nSPS) is 10.5. The monoisotopic (exact) mass is 286 g/mol. The molecule has 21 heavy (non-hydrogen) atoms. The Morgan fingerprint density at radius 3 is 2.86 bits per heavy atom. The van der Waals surface area contributed by atoms with Crippen molar-refractivity contribution in [3.8, 4) is 11.8 Å². The summed E-state index contributed by atoms with van der Waals surface area (Å²) in [4.78, 5) is 6.41. The Kier molecular flexibility index (Phi) is 5.09. The SMILES string of the molecule is CN(Cc1ccc(F)cc1C#CCN)Cc1nccn1C. The highest BCUT2D eigenvalue weighted by Gasteiger charge is 2.08. The molecule has 0 aliphatic carbocycles. The molecule has 4 nitrogen and oxygen atoms in total. The molecule has 0 aliphatic heterocycles. The Morgan fingerprint density at radius 2 is 2.19 bits per heavy atom. The van der Waals surface area contributed by atoms with Crippen molar-refractivity contribution in [2.75, 3.05) is 13.6 Å². The molecule has 0 spiro atoms. The maximum Gasteiger partial charge on any atom is 0.124 e. The van der Waals surface area contributed by atoms with E-state index in [0.29, 0.717) is 18.7 Å². The molecule has 0 radical (unpaired) electrons. The lowest BCUT2D eigenvalue weighted by Crippen LogP contribution is -2.20. The summed E-state index contributed by atoms with van der Waals surface area (Å²) in [5.74, 6) is 6.40. The molecule has 0 saturated carbocycles. The lowest BCUT2D eigenvalue weighted by molar-refractivity contribution is 0.306. The van der Waals surface area contributed by atoms with Crippen LogP contribution >= 0.6 is 0 Å². The second-order valence-electron chi connectivity index (χ2n) is 4.93. The molecule has 0 fully saturated rings. The second kappa shape index (κ2) is 7.02. The van der Waals surface area contributed by atoms with Crippen molar-refractivity contribution in [2.45, 2.75) is 13.1 Å². The van der Waals surface area contributed by atoms with E-state index in [1.54, 1.807) is 12.3 Å². The molecule has 1 aromatic heterocycles. The van der Waals surface area contributed by atoms with E-state index in [-0.39, 0.29) is 12.4 Å². The van der Waals surface area contributed by atoms with Crippen molar-refractivity contribution in [3.05, 3.63) is 53.4 Å². The first-order valence-corrected chi connectivity index (χ1v) is 6.72. The number of aryl methyl sites for hydroxylation is 1. The lowest BCUT2D eigenvalue weighted by Gasteiger charge is -2.17. The van der Waals surface area contributed by atoms with Crippen molar-refractivity contribution < 1.29 is 4.39 Å². The zero-order chi connectivity index (χ0) is 15.2. The standard InChI is InChI=1S/C16H19FN4/c1-20(12-16-19-8-9-21(16)2)11-14-5-6-15(17)10-13(14)4-3-7-18/h5-6,8-10H,7,11-12,18H2,1-2H3. The van der Waals surface area contributed by atoms with Gasteiger partial charge in [-0.2, -0.15) is 0 Å². The summed E-state index contributed by atoms with van der Waals surface area (Å²) >= 11 is 0. The van der Waals surface area contributed by atoms with E-state index in [4.69, 9.17) is 5.73 Å². The summed E-state index contributed by atoms with van der Waals surface area (Å²) < 4.78 is 15.3. The van der Waals surface area contributed by atoms with Crippen LogP contribution < -0.4 is 5.73 Å². The van der Waals surface area contributed by atoms with E-state index < -0.39 is 0 Å². The van der Waals surface area contributed by atoms with Crippen molar-refractivity contribution >= 4 is 0 Å². The maximum absolute atomic E-state index is 13.3. The zero-order valence-electron chi connectivity index (χ0n) is 12.3. The number of aromatic nitrogens is 2. The number of benzene rings is 1. The fraction of sp³-hybridized carbons (Fsp3) is 0.312. The molecule has 5 heteroatoms. The molecule has 1 aromatic carbocycles. The third-order valence-corrected chi connectivity index (χ3v) is 3.17. The van der Waals surface area contributed by atoms with Crippen LogP contribution in [-0.2, 0) is 20.1 Å². The van der Waals surface area contributed by atoms with Crippen LogP contribution in [0.25, 0.3) is 0 Å². The summed E-state index contributed by atoms with van der Waals surface area (Å²) in [6.07, 6.45) is 3.69. The first-order valence-electron chi connectivity index (χ1n) is 6.72. The first-order chi connectivity index (χ1) is 10.1. The van der Waals surface area contributed by atoms with Gasteiger partial charge in [0.15, 0.2) is 0 Å². The smallest absolute Gasteiger partial charge is 0.124 e. The number of nitrogens with two attached hydrogens (primary N) is 1. The minimum Gasteiger partial charge on any atom is -0.337 e. The Hall–Kier alpha value is -2.16. The topological polar surface area (TPSA) is 47.1 Å². The Labute approximate surface area is 124 Å². The van der Waals surface area contributed by atoms with Crippen LogP contribution in [0, 0.1) is 17.7 Å². The van der Waals surface area contributed by atoms with E-state index in [2.05, 4.69) is 21.7 Å². The average molecular weight is 286 g/mol. The molecular formula is C16H19FN4. The summed E-state index contributed by atoms with van der Waals surface area (Å²) in [5.41, 5.74) is 7.05. The molecule has 0 atom stereocenters. The van der Waals surface area contributed by atoms with E-state index in [0.717, 1.165) is 11.4 Å². The summed E-state index contributed by atoms with van der Waals surface area (Å²) in [6, 6.07) is 4.68. The fourth-order valence-electron chi connectivity index (χ4n) is 2.09. The molecule has 2 rings (SSSR count). The summed E-state index contributed by atoms with van der Waals surface area (Å²) in [6.45, 7) is 1.64. The number of hydrogen-bond donors (Lipinski definition) is 1. The number of rotatable bonds is 4. The van der Waals surface area contributed by atoms with Crippen LogP contribution in [0.2, 0.25) is 0 Å². The third-order valence-electron chi connectivity index (χ3n) is 3.17. The van der Waals surface area contributed by atoms with E-state index in [1.807, 2.05) is 24.9 Å². The van der Waals surface area contributed by atoms with Gasteiger partial charge in [0.1, 0.15) is 11.6 Å². The van der Waals surface area contributed by atoms with Crippen LogP contribution in [-0.4, -0.2) is 28.0 Å². The van der Waals surface area contributed by atoms with Gasteiger partial charge >= 0.3 is 0 Å². The molecule has 2 aromatic rings. The zero-order valence-corrected chi connectivity index (χ0v) is 12.3. The van der Waals surface area contributed by atoms with Crippen LogP contribution in [0.15, 0.2) is 30.6 Å². The Bertz CT molecular complexity index is 666. The fourth-order valence-corrected chi connectivity index (χ4v) is 2.09. The second-order valence-corrected chi connectivity index (χ2v) is 4.93. The molecule has 0 unspecified atom stereocenters. The quantitative estimate of drug-likeness (QED) is 0.867. The Balaban J connectivity index is 2.13. The minimum atomic E-state index is -0.285. The molecule has 1 heterocycles. The molecule has 0 amide bonds. The predicted octanol–water partition coefficient (Wildman–Crippen LogP) is 1.50. The van der Waals surface area contributed by atoms with Crippen LogP contribution in [0.5, 0.6) is 0 Å². The van der Waals surface area contributed by atoms with Crippen molar-refractivity contribution in [2.24, 2.45) is 12.8 Å². The molecule has 2 N–H and O–H groups in total. The van der Waals surface area contributed by atoms with Gasteiger partial charge in [-0.3, -0.25) is 4.90 Å². The average Bonchev–Trinajstić information content (AvgIpc) is 2.84. The number of hydrogen-bond acceptors (Lipinski definition) is 3. The Morgan fingerprint density at radius 1 is 1.38 bits per heavy atom. The van der Waals surface area contributed by atoms with Gasteiger partial charge in [0.05, 0.1) is 13.1 Å². The van der Waals surface area contributed by atoms with Crippen LogP contribution in [0.1, 0.15) is 17.0 Å². The molecule has 0 aliphatic rings. The van der Waals surface area contributed by atoms with Gasteiger partial charge in [-0.05, 0) is 24.7 Å². The summed E-state index contributed by atoms with van der Waals surface area (Å²) in [7, 11) is 3.96. The van der Waals surface area contributed by atoms with Gasteiger partial charge in [-0.25, -0.2) is 9.37 Å². The van der Waals surface area contributed by atoms with Gasteiger partial charge in [-0.15, -0.1) is 0 Å². The van der Waals surface area contributed by atoms with E-state index >= 15 is 0 Å². The van der Waals surface area contributed by atoms with Gasteiger partial charge in [0.2, 0.25) is 0 Å². The molecule has 0 bridgehead atoms. The minimum absolute atomic E-state index is 0.263. The highest BCUT2D eigenvalue weighted by atomic mass is 19.1. The van der Waals surface area contributed by atoms with E-state index in [9.17, 15) is 4.39 Å². The molecule has 0 saturated heterocycles. The molecular weight excluding hydrogens is 267 g/mol. The predicted molar refractivity (Wildman–Crippen MR) is 80.7 cm³/mol. The number of halogens is 1. The van der Waals surface area contributed by atoms with Gasteiger partial charge < -0.3 is 10.3 Å².